The van der Waals surface area contributed by atoms with Gasteiger partial charge in [-0.1, -0.05) is 11.6 Å². The van der Waals surface area contributed by atoms with Crippen molar-refractivity contribution in [2.24, 2.45) is 5.73 Å². The minimum Gasteiger partial charge on any atom is -0.486 e. The summed E-state index contributed by atoms with van der Waals surface area (Å²) in [6.45, 7) is 3.52. The van der Waals surface area contributed by atoms with Gasteiger partial charge in [0, 0.05) is 24.2 Å². The van der Waals surface area contributed by atoms with Crippen molar-refractivity contribution in [2.45, 2.75) is 26.0 Å². The number of thiazole rings is 1. The molecule has 1 unspecified atom stereocenters. The van der Waals surface area contributed by atoms with Gasteiger partial charge in [0.25, 0.3) is 5.91 Å². The molecule has 1 atom stereocenters. The van der Waals surface area contributed by atoms with Gasteiger partial charge in [-0.3, -0.25) is 4.79 Å². The molecule has 1 aromatic heterocycles. The van der Waals surface area contributed by atoms with Gasteiger partial charge in [-0.2, -0.15) is 0 Å². The van der Waals surface area contributed by atoms with Crippen molar-refractivity contribution in [1.29, 1.82) is 0 Å². The molecule has 0 radical (unpaired) electrons. The third kappa shape index (κ3) is 3.83. The molecule has 3 rings (SSSR count). The number of nitrogens with two attached hydrogens (primary N) is 1. The lowest BCUT2D eigenvalue weighted by atomic mass is 10.3. The van der Waals surface area contributed by atoms with Crippen molar-refractivity contribution in [3.8, 4) is 5.75 Å². The van der Waals surface area contributed by atoms with E-state index in [9.17, 15) is 4.79 Å². The minimum atomic E-state index is 0.0192. The van der Waals surface area contributed by atoms with Crippen LogP contribution in [0.3, 0.4) is 0 Å². The van der Waals surface area contributed by atoms with Gasteiger partial charge in [0.05, 0.1) is 5.69 Å². The number of aromatic nitrogens is 1. The molecule has 1 aliphatic rings. The van der Waals surface area contributed by atoms with Crippen LogP contribution in [0.1, 0.15) is 26.8 Å². The summed E-state index contributed by atoms with van der Waals surface area (Å²) in [6.07, 6.45) is 0.857. The average molecular weight is 352 g/mol. The van der Waals surface area contributed by atoms with Gasteiger partial charge in [0.15, 0.2) is 0 Å². The number of nitrogens with zero attached hydrogens (tertiary/aromatic N) is 2. The van der Waals surface area contributed by atoms with Gasteiger partial charge in [0.1, 0.15) is 22.2 Å². The molecule has 0 saturated carbocycles. The van der Waals surface area contributed by atoms with E-state index in [1.54, 1.807) is 29.2 Å². The van der Waals surface area contributed by atoms with E-state index in [2.05, 4.69) is 4.98 Å². The van der Waals surface area contributed by atoms with Crippen LogP contribution in [0.5, 0.6) is 5.75 Å². The van der Waals surface area contributed by atoms with E-state index in [1.807, 2.05) is 6.92 Å². The number of rotatable bonds is 4. The Labute approximate surface area is 144 Å². The maximum atomic E-state index is 12.5. The van der Waals surface area contributed by atoms with Crippen LogP contribution >= 0.6 is 22.9 Å². The average Bonchev–Trinajstić information content (AvgIpc) is 3.12. The number of likely N-dealkylation sites (tertiary alicyclic amines) is 1. The lowest BCUT2D eigenvalue weighted by Crippen LogP contribution is -2.31. The Morgan fingerprint density at radius 3 is 2.87 bits per heavy atom. The van der Waals surface area contributed by atoms with Crippen molar-refractivity contribution in [3.05, 3.63) is 44.9 Å². The predicted molar refractivity (Wildman–Crippen MR) is 91.1 cm³/mol. The summed E-state index contributed by atoms with van der Waals surface area (Å²) in [7, 11) is 0. The highest BCUT2D eigenvalue weighted by atomic mass is 35.5. The smallest absolute Gasteiger partial charge is 0.265 e. The summed E-state index contributed by atoms with van der Waals surface area (Å²) < 4.78 is 5.68. The Morgan fingerprint density at radius 2 is 2.22 bits per heavy atom. The SMILES string of the molecule is Cc1nc(COc2ccc(Cl)cc2)sc1C(=O)N1CCC(N)C1. The zero-order chi connectivity index (χ0) is 16.4. The lowest BCUT2D eigenvalue weighted by Gasteiger charge is -2.14. The normalized spacial score (nSPS) is 17.5. The van der Waals surface area contributed by atoms with Crippen LogP contribution in [-0.4, -0.2) is 34.9 Å². The topological polar surface area (TPSA) is 68.5 Å². The molecule has 2 heterocycles. The summed E-state index contributed by atoms with van der Waals surface area (Å²) in [5, 5.41) is 1.45. The molecule has 1 aliphatic heterocycles. The number of carbonyl (C=O) groups excluding carboxylic acids is 1. The van der Waals surface area contributed by atoms with E-state index >= 15 is 0 Å². The number of carbonyl (C=O) groups is 1. The van der Waals surface area contributed by atoms with Crippen molar-refractivity contribution < 1.29 is 9.53 Å². The van der Waals surface area contributed by atoms with Crippen LogP contribution in [0.2, 0.25) is 5.02 Å². The van der Waals surface area contributed by atoms with E-state index in [-0.39, 0.29) is 11.9 Å². The molecule has 1 fully saturated rings. The first-order chi connectivity index (χ1) is 11.0. The monoisotopic (exact) mass is 351 g/mol. The fourth-order valence-corrected chi connectivity index (χ4v) is 3.58. The number of benzene rings is 1. The molecular weight excluding hydrogens is 334 g/mol. The molecule has 2 N–H and O–H groups in total. The molecule has 23 heavy (non-hydrogen) atoms. The second kappa shape index (κ2) is 6.86. The zero-order valence-corrected chi connectivity index (χ0v) is 14.4. The highest BCUT2D eigenvalue weighted by molar-refractivity contribution is 7.13. The minimum absolute atomic E-state index is 0.0192. The standard InChI is InChI=1S/C16H18ClN3O2S/c1-10-15(16(21)20-7-6-12(18)8-20)23-14(19-10)9-22-13-4-2-11(17)3-5-13/h2-5,12H,6-9,18H2,1H3. The summed E-state index contributed by atoms with van der Waals surface area (Å²) in [4.78, 5) is 19.4. The number of hydrogen-bond acceptors (Lipinski definition) is 5. The van der Waals surface area contributed by atoms with E-state index < -0.39 is 0 Å². The molecular formula is C16H18ClN3O2S. The van der Waals surface area contributed by atoms with Crippen LogP contribution in [0.4, 0.5) is 0 Å². The first-order valence-electron chi connectivity index (χ1n) is 7.42. The molecule has 0 bridgehead atoms. The van der Waals surface area contributed by atoms with Crippen LogP contribution in [-0.2, 0) is 6.61 Å². The van der Waals surface area contributed by atoms with Crippen LogP contribution in [0, 0.1) is 6.92 Å². The Kier molecular flexibility index (Phi) is 4.84. The Balaban J connectivity index is 1.66. The molecule has 1 saturated heterocycles. The molecule has 0 spiro atoms. The van der Waals surface area contributed by atoms with Crippen molar-refractivity contribution in [3.63, 3.8) is 0 Å². The molecule has 0 aliphatic carbocycles. The number of hydrogen-bond donors (Lipinski definition) is 1. The maximum absolute atomic E-state index is 12.5. The number of aryl methyl sites for hydroxylation is 1. The van der Waals surface area contributed by atoms with Gasteiger partial charge < -0.3 is 15.4 Å². The van der Waals surface area contributed by atoms with Gasteiger partial charge in [-0.25, -0.2) is 4.98 Å². The Hall–Kier alpha value is -1.63. The molecule has 7 heteroatoms. The quantitative estimate of drug-likeness (QED) is 0.919. The van der Waals surface area contributed by atoms with E-state index in [0.29, 0.717) is 29.6 Å². The number of halogens is 1. The summed E-state index contributed by atoms with van der Waals surface area (Å²) >= 11 is 7.23. The first kappa shape index (κ1) is 16.2. The Bertz CT molecular complexity index is 702. The first-order valence-corrected chi connectivity index (χ1v) is 8.62. The van der Waals surface area contributed by atoms with E-state index in [4.69, 9.17) is 22.1 Å². The largest absolute Gasteiger partial charge is 0.486 e. The van der Waals surface area contributed by atoms with E-state index in [1.165, 1.54) is 11.3 Å². The maximum Gasteiger partial charge on any atom is 0.265 e. The second-order valence-corrected chi connectivity index (χ2v) is 7.08. The number of amides is 1. The molecule has 122 valence electrons. The second-order valence-electron chi connectivity index (χ2n) is 5.56. The highest BCUT2D eigenvalue weighted by Gasteiger charge is 2.27. The third-order valence-corrected chi connectivity index (χ3v) is 5.09. The number of ether oxygens (including phenoxy) is 1. The summed E-state index contributed by atoms with van der Waals surface area (Å²) in [5.74, 6) is 0.742. The zero-order valence-electron chi connectivity index (χ0n) is 12.8. The Morgan fingerprint density at radius 1 is 1.48 bits per heavy atom. The van der Waals surface area contributed by atoms with Crippen molar-refractivity contribution in [2.75, 3.05) is 13.1 Å². The van der Waals surface area contributed by atoms with E-state index in [0.717, 1.165) is 22.9 Å². The molecule has 1 aromatic carbocycles. The molecule has 1 amide bonds. The van der Waals surface area contributed by atoms with Crippen molar-refractivity contribution >= 4 is 28.8 Å². The van der Waals surface area contributed by atoms with Gasteiger partial charge >= 0.3 is 0 Å². The fraction of sp³-hybridized carbons (Fsp3) is 0.375. The fourth-order valence-electron chi connectivity index (χ4n) is 2.50. The molecule has 2 aromatic rings. The lowest BCUT2D eigenvalue weighted by molar-refractivity contribution is 0.0794. The molecule has 5 nitrogen and oxygen atoms in total. The predicted octanol–water partition coefficient (Wildman–Crippen LogP) is 2.86. The van der Waals surface area contributed by atoms with Crippen LogP contribution in [0.25, 0.3) is 0 Å². The van der Waals surface area contributed by atoms with Crippen molar-refractivity contribution in [1.82, 2.24) is 9.88 Å². The summed E-state index contributed by atoms with van der Waals surface area (Å²) in [5.41, 5.74) is 6.62. The van der Waals surface area contributed by atoms with Gasteiger partial charge in [-0.15, -0.1) is 11.3 Å². The van der Waals surface area contributed by atoms with Crippen LogP contribution in [0.15, 0.2) is 24.3 Å². The third-order valence-electron chi connectivity index (χ3n) is 3.72. The highest BCUT2D eigenvalue weighted by Crippen LogP contribution is 2.24. The van der Waals surface area contributed by atoms with Crippen LogP contribution < -0.4 is 10.5 Å². The summed E-state index contributed by atoms with van der Waals surface area (Å²) in [6, 6.07) is 7.24. The van der Waals surface area contributed by atoms with Gasteiger partial charge in [-0.05, 0) is 37.6 Å². The van der Waals surface area contributed by atoms with Gasteiger partial charge in [0.2, 0.25) is 0 Å².